The lowest BCUT2D eigenvalue weighted by Crippen LogP contribution is -2.23. The molecule has 0 radical (unpaired) electrons. The van der Waals surface area contributed by atoms with E-state index < -0.39 is 0 Å². The van der Waals surface area contributed by atoms with Crippen LogP contribution in [-0.2, 0) is 6.54 Å². The topological polar surface area (TPSA) is 46.9 Å². The first-order valence-electron chi connectivity index (χ1n) is 9.25. The van der Waals surface area contributed by atoms with Gasteiger partial charge in [-0.05, 0) is 42.8 Å². The summed E-state index contributed by atoms with van der Waals surface area (Å²) in [4.78, 5) is 17.2. The number of rotatable bonds is 5. The van der Waals surface area contributed by atoms with Crippen molar-refractivity contribution in [2.75, 3.05) is 0 Å². The van der Waals surface area contributed by atoms with Gasteiger partial charge in [0.25, 0.3) is 5.91 Å². The maximum absolute atomic E-state index is 12.9. The lowest BCUT2D eigenvalue weighted by atomic mass is 10.1. The van der Waals surface area contributed by atoms with E-state index in [2.05, 4.69) is 39.1 Å². The van der Waals surface area contributed by atoms with Crippen LogP contribution in [0.3, 0.4) is 0 Å². The van der Waals surface area contributed by atoms with Crippen LogP contribution in [0.5, 0.6) is 0 Å². The molecule has 0 aliphatic heterocycles. The second-order valence-corrected chi connectivity index (χ2v) is 6.57. The van der Waals surface area contributed by atoms with Crippen molar-refractivity contribution in [2.45, 2.75) is 13.5 Å². The second kappa shape index (κ2) is 7.92. The fourth-order valence-electron chi connectivity index (χ4n) is 3.34. The highest BCUT2D eigenvalue weighted by atomic mass is 16.1. The Kier molecular flexibility index (Phi) is 5.02. The van der Waals surface area contributed by atoms with E-state index in [0.29, 0.717) is 12.1 Å². The molecular formula is C24H21N3O. The zero-order chi connectivity index (χ0) is 19.3. The molecular weight excluding hydrogens is 346 g/mol. The quantitative estimate of drug-likeness (QED) is 0.552. The minimum atomic E-state index is -0.102. The number of para-hydroxylation sites is 1. The van der Waals surface area contributed by atoms with Crippen molar-refractivity contribution in [3.05, 3.63) is 108 Å². The zero-order valence-corrected chi connectivity index (χ0v) is 15.7. The molecule has 138 valence electrons. The lowest BCUT2D eigenvalue weighted by molar-refractivity contribution is 0.0950. The van der Waals surface area contributed by atoms with Gasteiger partial charge >= 0.3 is 0 Å². The Morgan fingerprint density at radius 3 is 2.29 bits per heavy atom. The van der Waals surface area contributed by atoms with Gasteiger partial charge < -0.3 is 9.88 Å². The number of nitrogens with one attached hydrogen (secondary N) is 1. The van der Waals surface area contributed by atoms with Gasteiger partial charge in [-0.3, -0.25) is 9.78 Å². The van der Waals surface area contributed by atoms with Gasteiger partial charge in [-0.15, -0.1) is 0 Å². The lowest BCUT2D eigenvalue weighted by Gasteiger charge is -2.12. The third-order valence-corrected chi connectivity index (χ3v) is 4.73. The molecule has 2 aromatic carbocycles. The molecule has 0 spiro atoms. The largest absolute Gasteiger partial charge is 0.346 e. The first-order chi connectivity index (χ1) is 13.7. The molecule has 2 heterocycles. The number of carbonyl (C=O) groups is 1. The van der Waals surface area contributed by atoms with E-state index in [1.165, 1.54) is 0 Å². The molecule has 0 atom stereocenters. The molecule has 2 aromatic heterocycles. The summed E-state index contributed by atoms with van der Waals surface area (Å²) in [6.07, 6.45) is 1.73. The van der Waals surface area contributed by atoms with Crippen molar-refractivity contribution in [2.24, 2.45) is 0 Å². The number of hydrogen-bond donors (Lipinski definition) is 1. The standard InChI is InChI=1S/C24H21N3O/c1-18-22(24(28)26-17-20-12-8-9-15-25-20)16-23(19-10-4-2-5-11-19)27(18)21-13-6-3-7-14-21/h2-16H,17H2,1H3,(H,26,28). The molecule has 4 nitrogen and oxygen atoms in total. The van der Waals surface area contributed by atoms with Crippen LogP contribution in [0.1, 0.15) is 21.7 Å². The maximum atomic E-state index is 12.9. The van der Waals surface area contributed by atoms with Gasteiger partial charge in [0.15, 0.2) is 0 Å². The van der Waals surface area contributed by atoms with Crippen molar-refractivity contribution in [3.8, 4) is 16.9 Å². The van der Waals surface area contributed by atoms with Crippen LogP contribution in [-0.4, -0.2) is 15.5 Å². The molecule has 0 fully saturated rings. The number of aromatic nitrogens is 2. The second-order valence-electron chi connectivity index (χ2n) is 6.57. The SMILES string of the molecule is Cc1c(C(=O)NCc2ccccn2)cc(-c2ccccc2)n1-c1ccccc1. The van der Waals surface area contributed by atoms with Crippen molar-refractivity contribution >= 4 is 5.91 Å². The summed E-state index contributed by atoms with van der Waals surface area (Å²) in [5.41, 5.74) is 5.50. The first-order valence-corrected chi connectivity index (χ1v) is 9.25. The van der Waals surface area contributed by atoms with Gasteiger partial charge in [-0.25, -0.2) is 0 Å². The van der Waals surface area contributed by atoms with E-state index in [1.54, 1.807) is 6.20 Å². The van der Waals surface area contributed by atoms with Crippen LogP contribution in [0.25, 0.3) is 16.9 Å². The van der Waals surface area contributed by atoms with Gasteiger partial charge in [-0.1, -0.05) is 54.6 Å². The molecule has 28 heavy (non-hydrogen) atoms. The van der Waals surface area contributed by atoms with Crippen LogP contribution >= 0.6 is 0 Å². The highest BCUT2D eigenvalue weighted by Crippen LogP contribution is 2.29. The van der Waals surface area contributed by atoms with Gasteiger partial charge in [0.2, 0.25) is 0 Å². The number of hydrogen-bond acceptors (Lipinski definition) is 2. The highest BCUT2D eigenvalue weighted by molar-refractivity contribution is 5.97. The molecule has 0 aliphatic carbocycles. The minimum absolute atomic E-state index is 0.102. The van der Waals surface area contributed by atoms with Crippen LogP contribution < -0.4 is 5.32 Å². The summed E-state index contributed by atoms with van der Waals surface area (Å²) >= 11 is 0. The van der Waals surface area contributed by atoms with Crippen molar-refractivity contribution in [1.82, 2.24) is 14.9 Å². The Morgan fingerprint density at radius 1 is 0.929 bits per heavy atom. The predicted molar refractivity (Wildman–Crippen MR) is 111 cm³/mol. The number of amides is 1. The summed E-state index contributed by atoms with van der Waals surface area (Å²) in [5, 5.41) is 2.98. The third-order valence-electron chi connectivity index (χ3n) is 4.73. The molecule has 4 heteroatoms. The third kappa shape index (κ3) is 3.58. The van der Waals surface area contributed by atoms with E-state index in [1.807, 2.05) is 67.6 Å². The van der Waals surface area contributed by atoms with Crippen LogP contribution in [0.2, 0.25) is 0 Å². The highest BCUT2D eigenvalue weighted by Gasteiger charge is 2.19. The fourth-order valence-corrected chi connectivity index (χ4v) is 3.34. The van der Waals surface area contributed by atoms with Gasteiger partial charge in [0.05, 0.1) is 23.5 Å². The van der Waals surface area contributed by atoms with Crippen molar-refractivity contribution < 1.29 is 4.79 Å². The normalized spacial score (nSPS) is 10.6. The zero-order valence-electron chi connectivity index (χ0n) is 15.7. The number of pyridine rings is 1. The summed E-state index contributed by atoms with van der Waals surface area (Å²) in [6, 6.07) is 27.9. The molecule has 0 saturated carbocycles. The van der Waals surface area contributed by atoms with Crippen molar-refractivity contribution in [3.63, 3.8) is 0 Å². The molecule has 0 unspecified atom stereocenters. The Morgan fingerprint density at radius 2 is 1.61 bits per heavy atom. The Hall–Kier alpha value is -3.66. The fraction of sp³-hybridized carbons (Fsp3) is 0.0833. The van der Waals surface area contributed by atoms with E-state index in [4.69, 9.17) is 0 Å². The monoisotopic (exact) mass is 367 g/mol. The summed E-state index contributed by atoms with van der Waals surface area (Å²) < 4.78 is 2.13. The van der Waals surface area contributed by atoms with Crippen LogP contribution in [0.4, 0.5) is 0 Å². The molecule has 0 bridgehead atoms. The Labute approximate surface area is 164 Å². The van der Waals surface area contributed by atoms with E-state index >= 15 is 0 Å². The summed E-state index contributed by atoms with van der Waals surface area (Å²) in [5.74, 6) is -0.102. The molecule has 0 saturated heterocycles. The number of carbonyl (C=O) groups excluding carboxylic acids is 1. The molecule has 0 aliphatic rings. The van der Waals surface area contributed by atoms with Crippen molar-refractivity contribution in [1.29, 1.82) is 0 Å². The minimum Gasteiger partial charge on any atom is -0.346 e. The maximum Gasteiger partial charge on any atom is 0.253 e. The number of benzene rings is 2. The average molecular weight is 367 g/mol. The molecule has 4 aromatic rings. The average Bonchev–Trinajstić information content (AvgIpc) is 3.11. The van der Waals surface area contributed by atoms with Crippen LogP contribution in [0.15, 0.2) is 91.1 Å². The van der Waals surface area contributed by atoms with E-state index in [0.717, 1.165) is 28.3 Å². The van der Waals surface area contributed by atoms with Gasteiger partial charge in [0, 0.05) is 17.6 Å². The van der Waals surface area contributed by atoms with E-state index in [-0.39, 0.29) is 5.91 Å². The number of nitrogens with zero attached hydrogens (tertiary/aromatic N) is 2. The Bertz CT molecular complexity index is 1070. The Balaban J connectivity index is 1.72. The smallest absolute Gasteiger partial charge is 0.253 e. The molecule has 4 rings (SSSR count). The predicted octanol–water partition coefficient (Wildman–Crippen LogP) is 4.78. The molecule has 1 amide bonds. The summed E-state index contributed by atoms with van der Waals surface area (Å²) in [7, 11) is 0. The molecule has 1 N–H and O–H groups in total. The van der Waals surface area contributed by atoms with Crippen LogP contribution in [0, 0.1) is 6.92 Å². The van der Waals surface area contributed by atoms with E-state index in [9.17, 15) is 4.79 Å². The first kappa shape index (κ1) is 17.7. The van der Waals surface area contributed by atoms with Gasteiger partial charge in [0.1, 0.15) is 0 Å². The summed E-state index contributed by atoms with van der Waals surface area (Å²) in [6.45, 7) is 2.38. The van der Waals surface area contributed by atoms with Gasteiger partial charge in [-0.2, -0.15) is 0 Å².